The van der Waals surface area contributed by atoms with Gasteiger partial charge in [0, 0.05) is 43.2 Å². The molecule has 1 aromatic heterocycles. The van der Waals surface area contributed by atoms with E-state index >= 15 is 0 Å². The minimum Gasteiger partial charge on any atom is -0.497 e. The van der Waals surface area contributed by atoms with E-state index < -0.39 is 14.8 Å². The Morgan fingerprint density at radius 1 is 1.30 bits per heavy atom. The highest BCUT2D eigenvalue weighted by molar-refractivity contribution is 7.92. The van der Waals surface area contributed by atoms with E-state index in [1.807, 2.05) is 29.2 Å². The number of nitrogens with one attached hydrogen (secondary N) is 1. The summed E-state index contributed by atoms with van der Waals surface area (Å²) < 4.78 is 28.8. The lowest BCUT2D eigenvalue weighted by Gasteiger charge is -2.33. The molecular formula is C17H21N3O5S2. The maximum absolute atomic E-state index is 11.8. The zero-order valence-electron chi connectivity index (χ0n) is 15.0. The first-order valence-corrected chi connectivity index (χ1v) is 11.1. The second-order valence-corrected chi connectivity index (χ2v) is 9.70. The van der Waals surface area contributed by atoms with Crippen LogP contribution in [0.1, 0.15) is 12.8 Å². The number of piperidine rings is 1. The summed E-state index contributed by atoms with van der Waals surface area (Å²) in [6, 6.07) is 9.09. The number of ether oxygens (including phenoxy) is 1. The van der Waals surface area contributed by atoms with Crippen LogP contribution in [-0.2, 0) is 9.84 Å². The summed E-state index contributed by atoms with van der Waals surface area (Å²) in [7, 11) is -1.85. The second kappa shape index (κ2) is 7.73. The number of anilines is 2. The van der Waals surface area contributed by atoms with Crippen LogP contribution in [0.3, 0.4) is 0 Å². The largest absolute Gasteiger partial charge is 0.497 e. The normalized spacial score (nSPS) is 15.6. The van der Waals surface area contributed by atoms with E-state index in [0.29, 0.717) is 18.1 Å². The van der Waals surface area contributed by atoms with Crippen LogP contribution < -0.4 is 15.0 Å². The molecule has 1 N–H and O–H groups in total. The molecule has 1 fully saturated rings. The number of nitrogens with zero attached hydrogens (tertiary/aromatic N) is 2. The molecule has 0 saturated carbocycles. The Kier molecular flexibility index (Phi) is 5.56. The second-order valence-electron chi connectivity index (χ2n) is 6.42. The molecule has 1 saturated heterocycles. The molecular weight excluding hydrogens is 390 g/mol. The molecule has 0 bridgehead atoms. The average Bonchev–Trinajstić information content (AvgIpc) is 3.09. The molecule has 0 unspecified atom stereocenters. The molecule has 0 aliphatic carbocycles. The Labute approximate surface area is 161 Å². The first kappa shape index (κ1) is 19.4. The minimum absolute atomic E-state index is 0.0285. The predicted octanol–water partition coefficient (Wildman–Crippen LogP) is 3.15. The minimum atomic E-state index is -3.47. The van der Waals surface area contributed by atoms with Crippen molar-refractivity contribution in [1.82, 2.24) is 0 Å². The van der Waals surface area contributed by atoms with Crippen molar-refractivity contribution in [3.63, 3.8) is 0 Å². The Morgan fingerprint density at radius 3 is 2.59 bits per heavy atom. The third kappa shape index (κ3) is 4.51. The summed E-state index contributed by atoms with van der Waals surface area (Å²) in [4.78, 5) is 12.7. The summed E-state index contributed by atoms with van der Waals surface area (Å²) >= 11 is 0.971. The SMILES string of the molecule is COc1cccc(NC2CCN(c3sc(S(C)(=O)=O)cc3[N+](=O)[O-])CC2)c1. The monoisotopic (exact) mass is 411 g/mol. The number of rotatable bonds is 6. The summed E-state index contributed by atoms with van der Waals surface area (Å²) in [6.07, 6.45) is 2.65. The van der Waals surface area contributed by atoms with E-state index in [4.69, 9.17) is 4.74 Å². The van der Waals surface area contributed by atoms with Crippen LogP contribution >= 0.6 is 11.3 Å². The summed E-state index contributed by atoms with van der Waals surface area (Å²) in [5, 5.41) is 15.2. The van der Waals surface area contributed by atoms with Crippen LogP contribution in [0, 0.1) is 10.1 Å². The van der Waals surface area contributed by atoms with Crippen molar-refractivity contribution >= 4 is 37.5 Å². The Morgan fingerprint density at radius 2 is 2.00 bits per heavy atom. The fourth-order valence-corrected chi connectivity index (χ4v) is 5.14. The number of hydrogen-bond donors (Lipinski definition) is 1. The van der Waals surface area contributed by atoms with Gasteiger partial charge in [-0.25, -0.2) is 8.42 Å². The van der Waals surface area contributed by atoms with Gasteiger partial charge in [-0.1, -0.05) is 17.4 Å². The number of hydrogen-bond acceptors (Lipinski definition) is 8. The molecule has 2 heterocycles. The molecule has 0 spiro atoms. The molecule has 10 heteroatoms. The van der Waals surface area contributed by atoms with Gasteiger partial charge in [0.05, 0.1) is 12.0 Å². The molecule has 8 nitrogen and oxygen atoms in total. The molecule has 146 valence electrons. The van der Waals surface area contributed by atoms with Gasteiger partial charge in [0.15, 0.2) is 14.8 Å². The van der Waals surface area contributed by atoms with Crippen molar-refractivity contribution in [1.29, 1.82) is 0 Å². The van der Waals surface area contributed by atoms with E-state index in [1.54, 1.807) is 7.11 Å². The summed E-state index contributed by atoms with van der Waals surface area (Å²) in [6.45, 7) is 1.23. The number of methoxy groups -OCH3 is 1. The average molecular weight is 412 g/mol. The summed E-state index contributed by atoms with van der Waals surface area (Å²) in [5.41, 5.74) is 0.828. The van der Waals surface area contributed by atoms with Crippen molar-refractivity contribution in [2.75, 3.05) is 36.7 Å². The third-order valence-electron chi connectivity index (χ3n) is 4.46. The van der Waals surface area contributed by atoms with Crippen molar-refractivity contribution in [3.8, 4) is 5.75 Å². The van der Waals surface area contributed by atoms with E-state index in [9.17, 15) is 18.5 Å². The molecule has 3 rings (SSSR count). The fourth-order valence-electron chi connectivity index (χ4n) is 3.07. The third-order valence-corrected chi connectivity index (χ3v) is 7.44. The number of benzene rings is 1. The predicted molar refractivity (Wildman–Crippen MR) is 106 cm³/mol. The van der Waals surface area contributed by atoms with Crippen LogP contribution in [0.4, 0.5) is 16.4 Å². The lowest BCUT2D eigenvalue weighted by molar-refractivity contribution is -0.383. The first-order valence-electron chi connectivity index (χ1n) is 8.42. The van der Waals surface area contributed by atoms with Crippen LogP contribution in [0.5, 0.6) is 5.75 Å². The van der Waals surface area contributed by atoms with Gasteiger partial charge < -0.3 is 15.0 Å². The van der Waals surface area contributed by atoms with Crippen LogP contribution in [0.25, 0.3) is 0 Å². The highest BCUT2D eigenvalue weighted by Gasteiger charge is 2.30. The van der Waals surface area contributed by atoms with Gasteiger partial charge in [-0.15, -0.1) is 0 Å². The molecule has 27 heavy (non-hydrogen) atoms. The highest BCUT2D eigenvalue weighted by atomic mass is 32.2. The molecule has 2 aromatic rings. The van der Waals surface area contributed by atoms with Gasteiger partial charge in [-0.3, -0.25) is 10.1 Å². The van der Waals surface area contributed by atoms with Gasteiger partial charge in [0.1, 0.15) is 9.96 Å². The van der Waals surface area contributed by atoms with E-state index in [1.165, 1.54) is 0 Å². The van der Waals surface area contributed by atoms with Crippen LogP contribution in [-0.4, -0.2) is 45.8 Å². The topological polar surface area (TPSA) is 102 Å². The van der Waals surface area contributed by atoms with Crippen molar-refractivity contribution in [2.24, 2.45) is 0 Å². The number of thiophene rings is 1. The molecule has 1 aliphatic heterocycles. The molecule has 0 amide bonds. The van der Waals surface area contributed by atoms with Gasteiger partial charge in [-0.2, -0.15) is 0 Å². The van der Waals surface area contributed by atoms with E-state index in [-0.39, 0.29) is 15.9 Å². The lowest BCUT2D eigenvalue weighted by Crippen LogP contribution is -2.39. The van der Waals surface area contributed by atoms with Crippen molar-refractivity contribution < 1.29 is 18.1 Å². The zero-order valence-corrected chi connectivity index (χ0v) is 16.7. The maximum Gasteiger partial charge on any atom is 0.305 e. The smallest absolute Gasteiger partial charge is 0.305 e. The van der Waals surface area contributed by atoms with Crippen molar-refractivity contribution in [3.05, 3.63) is 40.4 Å². The molecule has 0 radical (unpaired) electrons. The first-order chi connectivity index (χ1) is 12.8. The number of sulfone groups is 1. The van der Waals surface area contributed by atoms with Gasteiger partial charge >= 0.3 is 5.69 Å². The van der Waals surface area contributed by atoms with E-state index in [0.717, 1.165) is 47.9 Å². The highest BCUT2D eigenvalue weighted by Crippen LogP contribution is 2.41. The Hall–Kier alpha value is -2.33. The quantitative estimate of drug-likeness (QED) is 0.575. The van der Waals surface area contributed by atoms with Crippen molar-refractivity contribution in [2.45, 2.75) is 23.1 Å². The molecule has 1 aromatic carbocycles. The zero-order chi connectivity index (χ0) is 19.6. The van der Waals surface area contributed by atoms with Crippen LogP contribution in [0.2, 0.25) is 0 Å². The van der Waals surface area contributed by atoms with Gasteiger partial charge in [0.25, 0.3) is 0 Å². The van der Waals surface area contributed by atoms with Crippen LogP contribution in [0.15, 0.2) is 34.5 Å². The fraction of sp³-hybridized carbons (Fsp3) is 0.412. The standard InChI is InChI=1S/C17H21N3O5S2/c1-25-14-5-3-4-13(10-14)18-12-6-8-19(9-7-12)17-15(20(21)22)11-16(26-17)27(2,23)24/h3-5,10-12,18H,6-9H2,1-2H3. The molecule has 1 aliphatic rings. The van der Waals surface area contributed by atoms with E-state index in [2.05, 4.69) is 5.32 Å². The van der Waals surface area contributed by atoms with Gasteiger partial charge in [-0.05, 0) is 25.0 Å². The maximum atomic E-state index is 11.8. The van der Waals surface area contributed by atoms with Gasteiger partial charge in [0.2, 0.25) is 0 Å². The summed E-state index contributed by atoms with van der Waals surface area (Å²) in [5.74, 6) is 0.778. The molecule has 0 atom stereocenters. The number of nitro groups is 1. The lowest BCUT2D eigenvalue weighted by atomic mass is 10.0. The Balaban J connectivity index is 1.70. The Bertz CT molecular complexity index is 934.